The highest BCUT2D eigenvalue weighted by atomic mass is 16.6. The van der Waals surface area contributed by atoms with Crippen molar-refractivity contribution in [3.8, 4) is 5.75 Å². The van der Waals surface area contributed by atoms with Gasteiger partial charge in [0.1, 0.15) is 17.5 Å². The van der Waals surface area contributed by atoms with Crippen molar-refractivity contribution in [2.75, 3.05) is 13.1 Å². The van der Waals surface area contributed by atoms with Crippen molar-refractivity contribution < 1.29 is 19.2 Å². The number of nitro groups is 1. The van der Waals surface area contributed by atoms with Gasteiger partial charge in [-0.3, -0.25) is 14.9 Å². The monoisotopic (exact) mass is 324 g/mol. The maximum atomic E-state index is 10.5. The summed E-state index contributed by atoms with van der Waals surface area (Å²) in [6.07, 6.45) is 2.19. The molecule has 0 atom stereocenters. The van der Waals surface area contributed by atoms with Crippen LogP contribution in [0.3, 0.4) is 0 Å². The predicted octanol–water partition coefficient (Wildman–Crippen LogP) is 2.68. The third kappa shape index (κ3) is 8.15. The molecule has 0 saturated carbocycles. The van der Waals surface area contributed by atoms with Crippen LogP contribution in [0.25, 0.3) is 0 Å². The molecule has 7 nitrogen and oxygen atoms in total. The fourth-order valence-electron chi connectivity index (χ4n) is 1.90. The van der Waals surface area contributed by atoms with Crippen LogP contribution in [0.1, 0.15) is 33.6 Å². The number of nitrogens with one attached hydrogen (secondary N) is 1. The van der Waals surface area contributed by atoms with E-state index in [4.69, 9.17) is 4.74 Å². The van der Waals surface area contributed by atoms with Gasteiger partial charge in [0.15, 0.2) is 0 Å². The molecule has 1 saturated heterocycles. The van der Waals surface area contributed by atoms with Gasteiger partial charge in [0.2, 0.25) is 0 Å². The van der Waals surface area contributed by atoms with E-state index in [1.54, 1.807) is 12.1 Å². The van der Waals surface area contributed by atoms with Crippen molar-refractivity contribution in [3.05, 3.63) is 34.4 Å². The van der Waals surface area contributed by atoms with Crippen molar-refractivity contribution in [2.24, 2.45) is 0 Å². The van der Waals surface area contributed by atoms with Crippen molar-refractivity contribution in [2.45, 2.75) is 45.3 Å². The molecule has 23 heavy (non-hydrogen) atoms. The zero-order valence-electron chi connectivity index (χ0n) is 13.8. The highest BCUT2D eigenvalue weighted by Gasteiger charge is 2.14. The number of hydrogen-bond donors (Lipinski definition) is 1. The van der Waals surface area contributed by atoms with Gasteiger partial charge in [0.05, 0.1) is 4.92 Å². The zero-order valence-corrected chi connectivity index (χ0v) is 13.8. The molecule has 0 amide bonds. The Labute approximate surface area is 136 Å². The number of carbonyl (C=O) groups excluding carboxylic acids is 1. The Morgan fingerprint density at radius 3 is 2.17 bits per heavy atom. The van der Waals surface area contributed by atoms with Crippen LogP contribution in [0, 0.1) is 10.1 Å². The maximum absolute atomic E-state index is 10.5. The summed E-state index contributed by atoms with van der Waals surface area (Å²) < 4.78 is 10.3. The smallest absolute Gasteiger partial charge is 0.293 e. The van der Waals surface area contributed by atoms with Crippen LogP contribution in [0.15, 0.2) is 24.3 Å². The second kappa shape index (κ2) is 9.09. The molecule has 1 N–H and O–H groups in total. The van der Waals surface area contributed by atoms with E-state index in [0.717, 1.165) is 25.9 Å². The third-order valence-corrected chi connectivity index (χ3v) is 3.04. The molecule has 0 bridgehead atoms. The van der Waals surface area contributed by atoms with E-state index in [0.29, 0.717) is 12.2 Å². The Kier molecular flexibility index (Phi) is 7.47. The number of ether oxygens (including phenoxy) is 2. The Balaban J connectivity index is 0.000000322. The molecule has 2 rings (SSSR count). The normalized spacial score (nSPS) is 15.1. The van der Waals surface area contributed by atoms with Gasteiger partial charge in [-0.15, -0.1) is 0 Å². The standard InChI is InChI=1S/C11H14N2O3.C5H10O2/c14-13(15)9-1-3-10(4-2-9)16-11-5-7-12-8-6-11;1-5(2,3)7-4-6/h1-4,11-12H,5-8H2;4H,1-3H3. The summed E-state index contributed by atoms with van der Waals surface area (Å²) in [5.41, 5.74) is -0.223. The lowest BCUT2D eigenvalue weighted by Gasteiger charge is -2.23. The number of carbonyl (C=O) groups is 1. The molecule has 0 aromatic heterocycles. The minimum atomic E-state index is -0.408. The molecule has 128 valence electrons. The fourth-order valence-corrected chi connectivity index (χ4v) is 1.90. The van der Waals surface area contributed by atoms with Gasteiger partial charge in [-0.1, -0.05) is 0 Å². The summed E-state index contributed by atoms with van der Waals surface area (Å²) in [6.45, 7) is 7.86. The van der Waals surface area contributed by atoms with E-state index in [9.17, 15) is 14.9 Å². The minimum Gasteiger partial charge on any atom is -0.490 e. The predicted molar refractivity (Wildman–Crippen MR) is 86.5 cm³/mol. The highest BCUT2D eigenvalue weighted by Crippen LogP contribution is 2.20. The van der Waals surface area contributed by atoms with Gasteiger partial charge in [-0.05, 0) is 58.8 Å². The number of rotatable bonds is 4. The Morgan fingerprint density at radius 2 is 1.78 bits per heavy atom. The van der Waals surface area contributed by atoms with Crippen LogP contribution in [0.4, 0.5) is 5.69 Å². The molecular formula is C16H24N2O5. The Hall–Kier alpha value is -2.15. The van der Waals surface area contributed by atoms with E-state index in [2.05, 4.69) is 10.1 Å². The molecule has 0 aliphatic carbocycles. The van der Waals surface area contributed by atoms with Gasteiger partial charge in [0.25, 0.3) is 12.2 Å². The molecule has 0 spiro atoms. The first-order valence-corrected chi connectivity index (χ1v) is 7.55. The second-order valence-electron chi connectivity index (χ2n) is 6.14. The summed E-state index contributed by atoms with van der Waals surface area (Å²) in [5, 5.41) is 13.7. The van der Waals surface area contributed by atoms with Crippen molar-refractivity contribution in [3.63, 3.8) is 0 Å². The molecule has 1 aliphatic heterocycles. The average Bonchev–Trinajstić information content (AvgIpc) is 2.48. The van der Waals surface area contributed by atoms with Crippen LogP contribution in [0.2, 0.25) is 0 Å². The first kappa shape index (κ1) is 18.9. The molecule has 0 unspecified atom stereocenters. The summed E-state index contributed by atoms with van der Waals surface area (Å²) in [6, 6.07) is 6.24. The van der Waals surface area contributed by atoms with E-state index in [-0.39, 0.29) is 17.4 Å². The summed E-state index contributed by atoms with van der Waals surface area (Å²) >= 11 is 0. The Morgan fingerprint density at radius 1 is 1.22 bits per heavy atom. The van der Waals surface area contributed by atoms with Crippen molar-refractivity contribution in [1.82, 2.24) is 5.32 Å². The number of hydrogen-bond acceptors (Lipinski definition) is 6. The van der Waals surface area contributed by atoms with Crippen LogP contribution < -0.4 is 10.1 Å². The lowest BCUT2D eigenvalue weighted by Crippen LogP contribution is -2.34. The lowest BCUT2D eigenvalue weighted by atomic mass is 10.1. The Bertz CT molecular complexity index is 490. The van der Waals surface area contributed by atoms with Crippen LogP contribution in [0.5, 0.6) is 5.75 Å². The van der Waals surface area contributed by atoms with Gasteiger partial charge >= 0.3 is 0 Å². The second-order valence-corrected chi connectivity index (χ2v) is 6.14. The van der Waals surface area contributed by atoms with E-state index >= 15 is 0 Å². The zero-order chi connectivity index (χ0) is 17.3. The molecule has 1 heterocycles. The average molecular weight is 324 g/mol. The first-order chi connectivity index (χ1) is 10.8. The van der Waals surface area contributed by atoms with Gasteiger partial charge in [0, 0.05) is 12.1 Å². The number of nitrogens with zero attached hydrogens (tertiary/aromatic N) is 1. The number of benzene rings is 1. The maximum Gasteiger partial charge on any atom is 0.293 e. The molecule has 1 aromatic rings. The molecule has 0 radical (unpaired) electrons. The SMILES string of the molecule is CC(C)(C)OC=O.O=[N+]([O-])c1ccc(OC2CCNCC2)cc1. The van der Waals surface area contributed by atoms with Crippen molar-refractivity contribution >= 4 is 12.2 Å². The molecule has 1 fully saturated rings. The van der Waals surface area contributed by atoms with Crippen LogP contribution >= 0.6 is 0 Å². The minimum absolute atomic E-state index is 0.0951. The van der Waals surface area contributed by atoms with E-state index < -0.39 is 4.92 Å². The third-order valence-electron chi connectivity index (χ3n) is 3.04. The first-order valence-electron chi connectivity index (χ1n) is 7.55. The topological polar surface area (TPSA) is 90.7 Å². The van der Waals surface area contributed by atoms with Crippen LogP contribution in [-0.2, 0) is 9.53 Å². The largest absolute Gasteiger partial charge is 0.490 e. The summed E-state index contributed by atoms with van der Waals surface area (Å²) in [7, 11) is 0. The van der Waals surface area contributed by atoms with E-state index in [1.807, 2.05) is 20.8 Å². The van der Waals surface area contributed by atoms with Gasteiger partial charge in [-0.25, -0.2) is 0 Å². The van der Waals surface area contributed by atoms with E-state index in [1.165, 1.54) is 12.1 Å². The van der Waals surface area contributed by atoms with Crippen LogP contribution in [-0.4, -0.2) is 36.2 Å². The van der Waals surface area contributed by atoms with Crippen molar-refractivity contribution in [1.29, 1.82) is 0 Å². The number of piperidine rings is 1. The molecular weight excluding hydrogens is 300 g/mol. The molecule has 7 heteroatoms. The van der Waals surface area contributed by atoms with Gasteiger partial charge < -0.3 is 14.8 Å². The number of non-ortho nitro benzene ring substituents is 1. The van der Waals surface area contributed by atoms with Gasteiger partial charge in [-0.2, -0.15) is 0 Å². The lowest BCUT2D eigenvalue weighted by molar-refractivity contribution is -0.384. The molecule has 1 aliphatic rings. The summed E-state index contributed by atoms with van der Waals surface area (Å²) in [5.74, 6) is 0.706. The highest BCUT2D eigenvalue weighted by molar-refractivity contribution is 5.38. The quantitative estimate of drug-likeness (QED) is 0.520. The fraction of sp³-hybridized carbons (Fsp3) is 0.562. The molecule has 1 aromatic carbocycles. The summed E-state index contributed by atoms with van der Waals surface area (Å²) in [4.78, 5) is 19.6. The number of nitro benzene ring substituents is 1.